The van der Waals surface area contributed by atoms with E-state index in [1.54, 1.807) is 11.6 Å². The van der Waals surface area contributed by atoms with E-state index in [-0.39, 0.29) is 27.6 Å². The lowest BCUT2D eigenvalue weighted by molar-refractivity contribution is -0.119. The molecule has 0 atom stereocenters. The molecular weight excluding hydrogens is 463 g/mol. The van der Waals surface area contributed by atoms with Gasteiger partial charge in [0.15, 0.2) is 6.61 Å². The van der Waals surface area contributed by atoms with Crippen LogP contribution in [0.5, 0.6) is 0 Å². The molecule has 0 saturated heterocycles. The highest BCUT2D eigenvalue weighted by molar-refractivity contribution is 6.33. The van der Waals surface area contributed by atoms with Gasteiger partial charge in [-0.05, 0) is 45.0 Å². The highest BCUT2D eigenvalue weighted by atomic mass is 35.5. The van der Waals surface area contributed by atoms with Crippen molar-refractivity contribution in [2.24, 2.45) is 0 Å². The molecule has 1 N–H and O–H groups in total. The molecule has 0 aliphatic carbocycles. The Kier molecular flexibility index (Phi) is 6.47. The second-order valence-electron chi connectivity index (χ2n) is 7.48. The van der Waals surface area contributed by atoms with Gasteiger partial charge in [-0.15, -0.1) is 0 Å². The highest BCUT2D eigenvalue weighted by Crippen LogP contribution is 2.33. The van der Waals surface area contributed by atoms with Crippen molar-refractivity contribution in [2.45, 2.75) is 20.8 Å². The molecule has 0 saturated carbocycles. The molecule has 8 nitrogen and oxygen atoms in total. The summed E-state index contributed by atoms with van der Waals surface area (Å²) < 4.78 is 26.3. The van der Waals surface area contributed by atoms with Gasteiger partial charge in [0.05, 0.1) is 33.3 Å². The van der Waals surface area contributed by atoms with E-state index in [0.717, 1.165) is 11.4 Å². The van der Waals surface area contributed by atoms with E-state index in [0.29, 0.717) is 11.4 Å². The number of nitrogens with zero attached hydrogens (tertiary/aromatic N) is 3. The zero-order chi connectivity index (χ0) is 24.4. The standard InChI is InChI=1S/C24H20ClFN4O4/c1-13-22(14(2)30(28-13)16-8-5-4-6-9-16)27-19(31)12-33-24(32)20-15(3)34-29-23(20)21-17(25)10-7-11-18(21)26/h4-11H,12H2,1-3H3,(H,27,31). The number of aromatic nitrogens is 3. The minimum absolute atomic E-state index is 0.0569. The second kappa shape index (κ2) is 9.48. The molecule has 0 aliphatic rings. The van der Waals surface area contributed by atoms with Gasteiger partial charge >= 0.3 is 5.97 Å². The predicted octanol–water partition coefficient (Wildman–Crippen LogP) is 5.04. The molecule has 4 aromatic rings. The topological polar surface area (TPSA) is 99.2 Å². The van der Waals surface area contributed by atoms with Crippen LogP contribution in [0.1, 0.15) is 27.5 Å². The first-order chi connectivity index (χ1) is 16.3. The van der Waals surface area contributed by atoms with Crippen LogP contribution in [0.3, 0.4) is 0 Å². The van der Waals surface area contributed by atoms with Crippen molar-refractivity contribution in [3.8, 4) is 16.9 Å². The van der Waals surface area contributed by atoms with Crippen molar-refractivity contribution < 1.29 is 23.2 Å². The van der Waals surface area contributed by atoms with Gasteiger partial charge in [-0.3, -0.25) is 4.79 Å². The Labute approximate surface area is 199 Å². The normalized spacial score (nSPS) is 10.9. The predicted molar refractivity (Wildman–Crippen MR) is 124 cm³/mol. The van der Waals surface area contributed by atoms with E-state index in [4.69, 9.17) is 20.9 Å². The van der Waals surface area contributed by atoms with Crippen molar-refractivity contribution in [2.75, 3.05) is 11.9 Å². The third-order valence-corrected chi connectivity index (χ3v) is 5.47. The molecule has 0 spiro atoms. The lowest BCUT2D eigenvalue weighted by Crippen LogP contribution is -2.22. The van der Waals surface area contributed by atoms with Gasteiger partial charge in [-0.1, -0.05) is 41.0 Å². The number of esters is 1. The highest BCUT2D eigenvalue weighted by Gasteiger charge is 2.27. The van der Waals surface area contributed by atoms with Gasteiger partial charge in [-0.2, -0.15) is 5.10 Å². The number of carbonyl (C=O) groups excluding carboxylic acids is 2. The number of hydrogen-bond acceptors (Lipinski definition) is 6. The van der Waals surface area contributed by atoms with Crippen molar-refractivity contribution in [3.05, 3.63) is 82.1 Å². The van der Waals surface area contributed by atoms with E-state index in [1.807, 2.05) is 37.3 Å². The number of anilines is 1. The number of hydrogen-bond donors (Lipinski definition) is 1. The molecule has 2 aromatic carbocycles. The van der Waals surface area contributed by atoms with Gasteiger partial charge < -0.3 is 14.6 Å². The summed E-state index contributed by atoms with van der Waals surface area (Å²) in [5.41, 5.74) is 2.40. The average Bonchev–Trinajstić information content (AvgIpc) is 3.32. The molecule has 2 aromatic heterocycles. The summed E-state index contributed by atoms with van der Waals surface area (Å²) in [6.07, 6.45) is 0. The molecule has 0 radical (unpaired) electrons. The monoisotopic (exact) mass is 482 g/mol. The fourth-order valence-electron chi connectivity index (χ4n) is 3.53. The SMILES string of the molecule is Cc1nn(-c2ccccc2)c(C)c1NC(=O)COC(=O)c1c(-c2c(F)cccc2Cl)noc1C. The van der Waals surface area contributed by atoms with E-state index >= 15 is 0 Å². The Bertz CT molecular complexity index is 1360. The minimum atomic E-state index is -0.892. The molecule has 4 rings (SSSR count). The maximum atomic E-state index is 14.4. The summed E-state index contributed by atoms with van der Waals surface area (Å²) in [6, 6.07) is 13.6. The smallest absolute Gasteiger partial charge is 0.344 e. The molecule has 0 fully saturated rings. The number of halogens is 2. The quantitative estimate of drug-likeness (QED) is 0.386. The summed E-state index contributed by atoms with van der Waals surface area (Å²) in [5, 5.41) is 11.0. The van der Waals surface area contributed by atoms with Crippen LogP contribution in [0.15, 0.2) is 53.1 Å². The largest absolute Gasteiger partial charge is 0.452 e. The van der Waals surface area contributed by atoms with Crippen LogP contribution in [0.4, 0.5) is 10.1 Å². The number of aryl methyl sites for hydroxylation is 2. The maximum absolute atomic E-state index is 14.4. The first-order valence-corrected chi connectivity index (χ1v) is 10.6. The summed E-state index contributed by atoms with van der Waals surface area (Å²) in [5.74, 6) is -2.02. The first-order valence-electron chi connectivity index (χ1n) is 10.3. The summed E-state index contributed by atoms with van der Waals surface area (Å²) in [4.78, 5) is 25.3. The van der Waals surface area contributed by atoms with Gasteiger partial charge in [0.25, 0.3) is 5.91 Å². The molecule has 2 heterocycles. The number of para-hydroxylation sites is 1. The van der Waals surface area contributed by atoms with Crippen molar-refractivity contribution >= 4 is 29.2 Å². The average molecular weight is 483 g/mol. The molecule has 34 heavy (non-hydrogen) atoms. The van der Waals surface area contributed by atoms with Crippen molar-refractivity contribution in [3.63, 3.8) is 0 Å². The number of benzene rings is 2. The van der Waals surface area contributed by atoms with Gasteiger partial charge in [-0.25, -0.2) is 13.9 Å². The zero-order valence-electron chi connectivity index (χ0n) is 18.6. The van der Waals surface area contributed by atoms with Gasteiger partial charge in [0, 0.05) is 0 Å². The number of rotatable bonds is 6. The fourth-order valence-corrected chi connectivity index (χ4v) is 3.78. The number of carbonyl (C=O) groups is 2. The Balaban J connectivity index is 1.49. The van der Waals surface area contributed by atoms with Crippen LogP contribution < -0.4 is 5.32 Å². The van der Waals surface area contributed by atoms with E-state index < -0.39 is 24.3 Å². The number of amides is 1. The second-order valence-corrected chi connectivity index (χ2v) is 7.88. The molecule has 174 valence electrons. The van der Waals surface area contributed by atoms with E-state index in [9.17, 15) is 14.0 Å². The third kappa shape index (κ3) is 4.42. The van der Waals surface area contributed by atoms with Crippen LogP contribution >= 0.6 is 11.6 Å². The van der Waals surface area contributed by atoms with Crippen LogP contribution in [0, 0.1) is 26.6 Å². The van der Waals surface area contributed by atoms with Gasteiger partial charge in [0.1, 0.15) is 22.8 Å². The van der Waals surface area contributed by atoms with Crippen LogP contribution in [-0.4, -0.2) is 33.4 Å². The number of ether oxygens (including phenoxy) is 1. The Morgan fingerprint density at radius 2 is 1.85 bits per heavy atom. The Morgan fingerprint density at radius 3 is 2.56 bits per heavy atom. The lowest BCUT2D eigenvalue weighted by atomic mass is 10.1. The molecular formula is C24H20ClFN4O4. The Hall–Kier alpha value is -3.98. The Morgan fingerprint density at radius 1 is 1.12 bits per heavy atom. The molecule has 10 heteroatoms. The van der Waals surface area contributed by atoms with Crippen molar-refractivity contribution in [1.82, 2.24) is 14.9 Å². The number of nitrogens with one attached hydrogen (secondary N) is 1. The summed E-state index contributed by atoms with van der Waals surface area (Å²) in [6.45, 7) is 4.48. The molecule has 0 unspecified atom stereocenters. The minimum Gasteiger partial charge on any atom is -0.452 e. The van der Waals surface area contributed by atoms with Gasteiger partial charge in [0.2, 0.25) is 0 Å². The zero-order valence-corrected chi connectivity index (χ0v) is 19.3. The van der Waals surface area contributed by atoms with Crippen molar-refractivity contribution in [1.29, 1.82) is 0 Å². The first kappa shape index (κ1) is 23.2. The summed E-state index contributed by atoms with van der Waals surface area (Å²) >= 11 is 6.10. The van der Waals surface area contributed by atoms with E-state index in [1.165, 1.54) is 25.1 Å². The van der Waals surface area contributed by atoms with Crippen LogP contribution in [0.2, 0.25) is 5.02 Å². The molecule has 0 bridgehead atoms. The van der Waals surface area contributed by atoms with Crippen LogP contribution in [0.25, 0.3) is 16.9 Å². The van der Waals surface area contributed by atoms with E-state index in [2.05, 4.69) is 15.6 Å². The maximum Gasteiger partial charge on any atom is 0.344 e. The molecule has 0 aliphatic heterocycles. The lowest BCUT2D eigenvalue weighted by Gasteiger charge is -2.09. The molecule has 1 amide bonds. The summed E-state index contributed by atoms with van der Waals surface area (Å²) in [7, 11) is 0. The fraction of sp³-hybridized carbons (Fsp3) is 0.167. The third-order valence-electron chi connectivity index (χ3n) is 5.16. The van der Waals surface area contributed by atoms with Crippen LogP contribution in [-0.2, 0) is 9.53 Å².